The first-order valence-corrected chi connectivity index (χ1v) is 7.30. The number of nitrogens with zero attached hydrogens (tertiary/aromatic N) is 1. The van der Waals surface area contributed by atoms with Crippen molar-refractivity contribution in [2.45, 2.75) is 24.8 Å². The molecular weight excluding hydrogens is 260 g/mol. The largest absolute Gasteiger partial charge is 0.319 e. The van der Waals surface area contributed by atoms with Crippen LogP contribution in [0.5, 0.6) is 0 Å². The Morgan fingerprint density at radius 3 is 2.69 bits per heavy atom. The lowest BCUT2D eigenvalue weighted by molar-refractivity contribution is 0.253. The number of rotatable bonds is 2. The van der Waals surface area contributed by atoms with Crippen molar-refractivity contribution in [3.63, 3.8) is 0 Å². The summed E-state index contributed by atoms with van der Waals surface area (Å²) >= 11 is 9.11. The standard InChI is InChI=1S/C11H11ClN2S2/c12-9-4-7(5-15-9)8-6-16-10(14-8)11(13)2-1-3-11/h4-6H,1-3,13H2. The van der Waals surface area contributed by atoms with E-state index in [-0.39, 0.29) is 5.54 Å². The van der Waals surface area contributed by atoms with E-state index in [0.717, 1.165) is 33.4 Å². The maximum absolute atomic E-state index is 6.25. The molecule has 0 unspecified atom stereocenters. The van der Waals surface area contributed by atoms with Gasteiger partial charge in [-0.3, -0.25) is 0 Å². The fourth-order valence-electron chi connectivity index (χ4n) is 1.85. The monoisotopic (exact) mass is 270 g/mol. The summed E-state index contributed by atoms with van der Waals surface area (Å²) in [5.41, 5.74) is 8.19. The predicted octanol–water partition coefficient (Wildman–Crippen LogP) is 3.86. The van der Waals surface area contributed by atoms with Crippen molar-refractivity contribution in [3.05, 3.63) is 26.2 Å². The van der Waals surface area contributed by atoms with E-state index in [9.17, 15) is 0 Å². The summed E-state index contributed by atoms with van der Waals surface area (Å²) in [5, 5.41) is 5.17. The summed E-state index contributed by atoms with van der Waals surface area (Å²) in [6.07, 6.45) is 3.34. The molecule has 2 aromatic rings. The van der Waals surface area contributed by atoms with Crippen molar-refractivity contribution in [3.8, 4) is 11.3 Å². The molecule has 84 valence electrons. The minimum Gasteiger partial charge on any atom is -0.319 e. The van der Waals surface area contributed by atoms with Gasteiger partial charge in [0.25, 0.3) is 0 Å². The van der Waals surface area contributed by atoms with Crippen molar-refractivity contribution in [2.24, 2.45) is 5.73 Å². The lowest BCUT2D eigenvalue weighted by Crippen LogP contribution is -2.43. The van der Waals surface area contributed by atoms with Crippen molar-refractivity contribution in [2.75, 3.05) is 0 Å². The van der Waals surface area contributed by atoms with Gasteiger partial charge in [0.15, 0.2) is 0 Å². The van der Waals surface area contributed by atoms with Crippen LogP contribution in [0.25, 0.3) is 11.3 Å². The molecule has 0 bridgehead atoms. The number of thiophene rings is 1. The average Bonchev–Trinajstić information content (AvgIpc) is 2.82. The number of halogens is 1. The Hall–Kier alpha value is -0.420. The molecule has 0 amide bonds. The molecule has 1 aliphatic carbocycles. The lowest BCUT2D eigenvalue weighted by atomic mass is 9.78. The van der Waals surface area contributed by atoms with Crippen molar-refractivity contribution in [1.29, 1.82) is 0 Å². The van der Waals surface area contributed by atoms with E-state index in [1.54, 1.807) is 11.3 Å². The molecule has 0 saturated heterocycles. The van der Waals surface area contributed by atoms with E-state index in [0.29, 0.717) is 0 Å². The lowest BCUT2D eigenvalue weighted by Gasteiger charge is -2.35. The number of hydrogen-bond acceptors (Lipinski definition) is 4. The second-order valence-electron chi connectivity index (χ2n) is 4.19. The highest BCUT2D eigenvalue weighted by Crippen LogP contribution is 2.41. The third kappa shape index (κ3) is 1.70. The van der Waals surface area contributed by atoms with E-state index in [2.05, 4.69) is 10.4 Å². The van der Waals surface area contributed by atoms with E-state index in [4.69, 9.17) is 17.3 Å². The molecule has 2 nitrogen and oxygen atoms in total. The van der Waals surface area contributed by atoms with Gasteiger partial charge in [-0.05, 0) is 25.3 Å². The zero-order valence-corrected chi connectivity index (χ0v) is 11.0. The smallest absolute Gasteiger partial charge is 0.113 e. The molecule has 1 aliphatic rings. The molecule has 2 aromatic heterocycles. The first-order valence-electron chi connectivity index (χ1n) is 5.17. The van der Waals surface area contributed by atoms with E-state index in [1.165, 1.54) is 17.8 Å². The molecule has 2 N–H and O–H groups in total. The molecule has 0 radical (unpaired) electrons. The van der Waals surface area contributed by atoms with Crippen LogP contribution in [-0.4, -0.2) is 4.98 Å². The number of aromatic nitrogens is 1. The molecule has 2 heterocycles. The Morgan fingerprint density at radius 1 is 1.31 bits per heavy atom. The van der Waals surface area contributed by atoms with Crippen molar-refractivity contribution >= 4 is 34.3 Å². The summed E-state index contributed by atoms with van der Waals surface area (Å²) < 4.78 is 0.802. The molecule has 0 atom stereocenters. The molecule has 1 saturated carbocycles. The molecule has 0 aliphatic heterocycles. The zero-order chi connectivity index (χ0) is 11.2. The predicted molar refractivity (Wildman–Crippen MR) is 70.2 cm³/mol. The summed E-state index contributed by atoms with van der Waals surface area (Å²) in [4.78, 5) is 4.63. The van der Waals surface area contributed by atoms with Gasteiger partial charge in [0.1, 0.15) is 5.01 Å². The summed E-state index contributed by atoms with van der Waals surface area (Å²) in [5.74, 6) is 0. The van der Waals surface area contributed by atoms with Crippen LogP contribution in [0.15, 0.2) is 16.8 Å². The van der Waals surface area contributed by atoms with Crippen LogP contribution in [0.4, 0.5) is 0 Å². The van der Waals surface area contributed by atoms with Gasteiger partial charge in [0.2, 0.25) is 0 Å². The molecule has 0 spiro atoms. The van der Waals surface area contributed by atoms with Crippen LogP contribution < -0.4 is 5.73 Å². The SMILES string of the molecule is NC1(c2nc(-c3csc(Cl)c3)cs2)CCC1. The van der Waals surface area contributed by atoms with Crippen LogP contribution >= 0.6 is 34.3 Å². The fourth-order valence-corrected chi connectivity index (χ4v) is 3.73. The van der Waals surface area contributed by atoms with Gasteiger partial charge in [0.05, 0.1) is 15.6 Å². The highest BCUT2D eigenvalue weighted by molar-refractivity contribution is 7.14. The van der Waals surface area contributed by atoms with Crippen molar-refractivity contribution in [1.82, 2.24) is 4.98 Å². The third-order valence-corrected chi connectivity index (χ3v) is 5.19. The Kier molecular flexibility index (Phi) is 2.55. The Morgan fingerprint density at radius 2 is 2.12 bits per heavy atom. The van der Waals surface area contributed by atoms with Crippen LogP contribution in [-0.2, 0) is 5.54 Å². The highest BCUT2D eigenvalue weighted by atomic mass is 35.5. The van der Waals surface area contributed by atoms with Crippen LogP contribution in [0.2, 0.25) is 4.34 Å². The minimum absolute atomic E-state index is 0.150. The second kappa shape index (κ2) is 3.81. The van der Waals surface area contributed by atoms with Gasteiger partial charge in [-0.25, -0.2) is 4.98 Å². The molecular formula is C11H11ClN2S2. The fraction of sp³-hybridized carbons (Fsp3) is 0.364. The van der Waals surface area contributed by atoms with E-state index >= 15 is 0 Å². The molecule has 16 heavy (non-hydrogen) atoms. The van der Waals surface area contributed by atoms with Crippen LogP contribution in [0.3, 0.4) is 0 Å². The van der Waals surface area contributed by atoms with E-state index < -0.39 is 0 Å². The zero-order valence-electron chi connectivity index (χ0n) is 8.57. The molecule has 5 heteroatoms. The van der Waals surface area contributed by atoms with Gasteiger partial charge >= 0.3 is 0 Å². The minimum atomic E-state index is -0.150. The highest BCUT2D eigenvalue weighted by Gasteiger charge is 2.37. The van der Waals surface area contributed by atoms with Gasteiger partial charge in [0, 0.05) is 16.3 Å². The molecule has 1 fully saturated rings. The van der Waals surface area contributed by atoms with Gasteiger partial charge in [-0.15, -0.1) is 22.7 Å². The summed E-state index contributed by atoms with van der Waals surface area (Å²) in [7, 11) is 0. The Bertz CT molecular complexity index is 514. The number of hydrogen-bond donors (Lipinski definition) is 1. The van der Waals surface area contributed by atoms with Gasteiger partial charge in [-0.2, -0.15) is 0 Å². The van der Waals surface area contributed by atoms with E-state index in [1.807, 2.05) is 11.4 Å². The van der Waals surface area contributed by atoms with Crippen LogP contribution in [0, 0.1) is 0 Å². The van der Waals surface area contributed by atoms with Crippen LogP contribution in [0.1, 0.15) is 24.3 Å². The Balaban J connectivity index is 1.93. The third-order valence-electron chi connectivity index (χ3n) is 3.04. The normalized spacial score (nSPS) is 18.4. The number of nitrogens with two attached hydrogens (primary N) is 1. The molecule has 3 rings (SSSR count). The second-order valence-corrected chi connectivity index (χ2v) is 6.59. The Labute approximate surface area is 107 Å². The maximum atomic E-state index is 6.25. The van der Waals surface area contributed by atoms with Crippen molar-refractivity contribution < 1.29 is 0 Å². The quantitative estimate of drug-likeness (QED) is 0.900. The topological polar surface area (TPSA) is 38.9 Å². The first-order chi connectivity index (χ1) is 7.67. The molecule has 0 aromatic carbocycles. The summed E-state index contributed by atoms with van der Waals surface area (Å²) in [6, 6.07) is 1.95. The first kappa shape index (κ1) is 10.7. The summed E-state index contributed by atoms with van der Waals surface area (Å²) in [6.45, 7) is 0. The van der Waals surface area contributed by atoms with Gasteiger partial charge < -0.3 is 5.73 Å². The maximum Gasteiger partial charge on any atom is 0.113 e. The van der Waals surface area contributed by atoms with Gasteiger partial charge in [-0.1, -0.05) is 11.6 Å². The average molecular weight is 271 g/mol. The number of thiazole rings is 1.